The number of hydrogen-bond donors (Lipinski definition) is 1. The highest BCUT2D eigenvalue weighted by Gasteiger charge is 2.04. The molecule has 1 aromatic heterocycles. The van der Waals surface area contributed by atoms with E-state index in [2.05, 4.69) is 5.10 Å². The summed E-state index contributed by atoms with van der Waals surface area (Å²) in [6.07, 6.45) is 1.61. The van der Waals surface area contributed by atoms with E-state index in [0.29, 0.717) is 0 Å². The summed E-state index contributed by atoms with van der Waals surface area (Å²) in [6, 6.07) is 6.84. The van der Waals surface area contributed by atoms with Gasteiger partial charge in [0.05, 0.1) is 11.7 Å². The molecule has 68 valence electrons. The summed E-state index contributed by atoms with van der Waals surface area (Å²) in [5.74, 6) is 0. The number of amides is 1. The average molecular weight is 242 g/mol. The van der Waals surface area contributed by atoms with E-state index in [1.165, 1.54) is 4.68 Å². The number of halogens is 1. The molecule has 2 N–H and O–H groups in total. The van der Waals surface area contributed by atoms with Gasteiger partial charge in [0.15, 0.2) is 0 Å². The van der Waals surface area contributed by atoms with Crippen LogP contribution >= 0.6 is 17.0 Å². The predicted octanol–water partition coefficient (Wildman–Crippen LogP) is 1.54. The molecule has 0 spiro atoms. The lowest BCUT2D eigenvalue weighted by Crippen LogP contribution is -2.20. The highest BCUT2D eigenvalue weighted by atomic mass is 79.9. The number of primary amides is 1. The lowest BCUT2D eigenvalue weighted by Gasteiger charge is -1.94. The Kier molecular flexibility index (Phi) is 2.67. The number of hydrogen-bond acceptors (Lipinski definition) is 2. The summed E-state index contributed by atoms with van der Waals surface area (Å²) in [4.78, 5) is 10.8. The SMILES string of the molecule is Br.NC(=O)n1ncc2ccccc21. The van der Waals surface area contributed by atoms with Crippen LogP contribution in [-0.2, 0) is 0 Å². The third-order valence-electron chi connectivity index (χ3n) is 1.69. The van der Waals surface area contributed by atoms with Crippen LogP contribution in [0.25, 0.3) is 10.9 Å². The predicted molar refractivity (Wildman–Crippen MR) is 55.0 cm³/mol. The van der Waals surface area contributed by atoms with Crippen molar-refractivity contribution >= 4 is 33.9 Å². The molecule has 1 heterocycles. The summed E-state index contributed by atoms with van der Waals surface area (Å²) in [5, 5.41) is 4.75. The van der Waals surface area contributed by atoms with Crippen LogP contribution in [0.2, 0.25) is 0 Å². The maximum absolute atomic E-state index is 10.8. The topological polar surface area (TPSA) is 60.9 Å². The van der Waals surface area contributed by atoms with Crippen molar-refractivity contribution in [3.05, 3.63) is 30.5 Å². The first-order chi connectivity index (χ1) is 5.79. The molecule has 0 fully saturated rings. The Hall–Kier alpha value is -1.36. The van der Waals surface area contributed by atoms with Crippen LogP contribution in [0.4, 0.5) is 4.79 Å². The maximum atomic E-state index is 10.8. The Morgan fingerprint density at radius 1 is 1.38 bits per heavy atom. The van der Waals surface area contributed by atoms with Gasteiger partial charge in [0, 0.05) is 5.39 Å². The monoisotopic (exact) mass is 241 g/mol. The smallest absolute Gasteiger partial charge is 0.340 e. The van der Waals surface area contributed by atoms with Crippen molar-refractivity contribution in [1.29, 1.82) is 0 Å². The van der Waals surface area contributed by atoms with Crippen LogP contribution in [-0.4, -0.2) is 15.8 Å². The molecule has 0 atom stereocenters. The first-order valence-electron chi connectivity index (χ1n) is 3.51. The van der Waals surface area contributed by atoms with Gasteiger partial charge in [-0.15, -0.1) is 17.0 Å². The van der Waals surface area contributed by atoms with Crippen molar-refractivity contribution in [3.63, 3.8) is 0 Å². The number of benzene rings is 1. The van der Waals surface area contributed by atoms with Gasteiger partial charge in [-0.25, -0.2) is 4.79 Å². The molecule has 2 rings (SSSR count). The Balaban J connectivity index is 0.000000845. The molecule has 0 saturated carbocycles. The van der Waals surface area contributed by atoms with E-state index in [9.17, 15) is 4.79 Å². The summed E-state index contributed by atoms with van der Waals surface area (Å²) >= 11 is 0. The van der Waals surface area contributed by atoms with Gasteiger partial charge in [-0.2, -0.15) is 9.78 Å². The highest BCUT2D eigenvalue weighted by Crippen LogP contribution is 2.11. The van der Waals surface area contributed by atoms with E-state index in [1.807, 2.05) is 18.2 Å². The summed E-state index contributed by atoms with van der Waals surface area (Å²) in [6.45, 7) is 0. The van der Waals surface area contributed by atoms with Crippen molar-refractivity contribution in [2.45, 2.75) is 0 Å². The molecule has 5 heteroatoms. The van der Waals surface area contributed by atoms with Crippen LogP contribution in [0.5, 0.6) is 0 Å². The van der Waals surface area contributed by atoms with Crippen molar-refractivity contribution in [3.8, 4) is 0 Å². The Bertz CT molecular complexity index is 438. The van der Waals surface area contributed by atoms with E-state index in [-0.39, 0.29) is 17.0 Å². The van der Waals surface area contributed by atoms with Crippen LogP contribution in [0.1, 0.15) is 0 Å². The number of para-hydroxylation sites is 1. The van der Waals surface area contributed by atoms with Crippen molar-refractivity contribution in [2.24, 2.45) is 5.73 Å². The zero-order valence-electron chi connectivity index (χ0n) is 6.68. The molecule has 0 bridgehead atoms. The molecule has 0 aliphatic rings. The number of carbonyl (C=O) groups is 1. The second-order valence-electron chi connectivity index (χ2n) is 2.45. The van der Waals surface area contributed by atoms with Crippen molar-refractivity contribution < 1.29 is 4.79 Å². The molecule has 0 aliphatic heterocycles. The van der Waals surface area contributed by atoms with Gasteiger partial charge in [-0.05, 0) is 6.07 Å². The molecule has 1 aromatic carbocycles. The number of rotatable bonds is 0. The standard InChI is InChI=1S/C8H7N3O.BrH/c9-8(12)11-7-4-2-1-3-6(7)5-10-11;/h1-5H,(H2,9,12);1H. The quantitative estimate of drug-likeness (QED) is 0.761. The summed E-state index contributed by atoms with van der Waals surface area (Å²) < 4.78 is 1.18. The van der Waals surface area contributed by atoms with Crippen molar-refractivity contribution in [2.75, 3.05) is 0 Å². The highest BCUT2D eigenvalue weighted by molar-refractivity contribution is 8.93. The molecule has 0 radical (unpaired) electrons. The Labute approximate surface area is 85.1 Å². The van der Waals surface area contributed by atoms with Crippen LogP contribution < -0.4 is 5.73 Å². The van der Waals surface area contributed by atoms with Gasteiger partial charge in [0.2, 0.25) is 0 Å². The van der Waals surface area contributed by atoms with Gasteiger partial charge in [0.25, 0.3) is 0 Å². The Morgan fingerprint density at radius 3 is 2.77 bits per heavy atom. The van der Waals surface area contributed by atoms with Gasteiger partial charge in [-0.1, -0.05) is 18.2 Å². The molecule has 0 unspecified atom stereocenters. The fourth-order valence-corrected chi connectivity index (χ4v) is 1.15. The molecule has 4 nitrogen and oxygen atoms in total. The third kappa shape index (κ3) is 1.55. The molecule has 13 heavy (non-hydrogen) atoms. The van der Waals surface area contributed by atoms with E-state index < -0.39 is 6.03 Å². The van der Waals surface area contributed by atoms with Gasteiger partial charge in [-0.3, -0.25) is 0 Å². The first-order valence-corrected chi connectivity index (χ1v) is 3.51. The lowest BCUT2D eigenvalue weighted by molar-refractivity contribution is 0.248. The minimum absolute atomic E-state index is 0. The largest absolute Gasteiger partial charge is 0.350 e. The fraction of sp³-hybridized carbons (Fsp3) is 0. The number of nitrogens with zero attached hydrogens (tertiary/aromatic N) is 2. The van der Waals surface area contributed by atoms with Gasteiger partial charge < -0.3 is 5.73 Å². The first kappa shape index (κ1) is 9.73. The minimum atomic E-state index is -0.559. The number of carbonyl (C=O) groups excluding carboxylic acids is 1. The van der Waals surface area contributed by atoms with E-state index >= 15 is 0 Å². The molecular formula is C8H8BrN3O. The van der Waals surface area contributed by atoms with E-state index in [1.54, 1.807) is 12.3 Å². The van der Waals surface area contributed by atoms with E-state index in [0.717, 1.165) is 10.9 Å². The second-order valence-corrected chi connectivity index (χ2v) is 2.45. The van der Waals surface area contributed by atoms with Gasteiger partial charge in [0.1, 0.15) is 0 Å². The average Bonchev–Trinajstić information content (AvgIpc) is 2.47. The molecule has 0 aliphatic carbocycles. The zero-order valence-corrected chi connectivity index (χ0v) is 8.39. The second kappa shape index (κ2) is 3.57. The number of aromatic nitrogens is 2. The Morgan fingerprint density at radius 2 is 2.08 bits per heavy atom. The molecule has 1 amide bonds. The van der Waals surface area contributed by atoms with E-state index in [4.69, 9.17) is 5.73 Å². The number of fused-ring (bicyclic) bond motifs is 1. The number of nitrogens with two attached hydrogens (primary N) is 1. The summed E-state index contributed by atoms with van der Waals surface area (Å²) in [5.41, 5.74) is 5.83. The van der Waals surface area contributed by atoms with Crippen LogP contribution in [0.3, 0.4) is 0 Å². The molecule has 0 saturated heterocycles. The summed E-state index contributed by atoms with van der Waals surface area (Å²) in [7, 11) is 0. The third-order valence-corrected chi connectivity index (χ3v) is 1.69. The van der Waals surface area contributed by atoms with Crippen LogP contribution in [0, 0.1) is 0 Å². The minimum Gasteiger partial charge on any atom is -0.350 e. The fourth-order valence-electron chi connectivity index (χ4n) is 1.15. The molecule has 2 aromatic rings. The van der Waals surface area contributed by atoms with Gasteiger partial charge >= 0.3 is 6.03 Å². The van der Waals surface area contributed by atoms with Crippen molar-refractivity contribution in [1.82, 2.24) is 9.78 Å². The zero-order chi connectivity index (χ0) is 8.55. The maximum Gasteiger partial charge on any atom is 0.340 e. The lowest BCUT2D eigenvalue weighted by atomic mass is 10.3. The van der Waals surface area contributed by atoms with Crippen LogP contribution in [0.15, 0.2) is 30.5 Å². The molecular weight excluding hydrogens is 234 g/mol. The normalized spacial score (nSPS) is 9.54.